The van der Waals surface area contributed by atoms with Crippen molar-refractivity contribution < 1.29 is 43.7 Å². The minimum atomic E-state index is -1.38. The Labute approximate surface area is 304 Å². The number of benzene rings is 5. The molecule has 9 nitrogen and oxygen atoms in total. The van der Waals surface area contributed by atoms with E-state index in [2.05, 4.69) is 13.0 Å². The fourth-order valence-corrected chi connectivity index (χ4v) is 7.01. The maximum absolute atomic E-state index is 12.1. The average Bonchev–Trinajstić information content (AvgIpc) is 3.48. The third kappa shape index (κ3) is 8.45. The molecule has 0 amide bonds. The molecule has 5 aromatic rings. The first-order chi connectivity index (χ1) is 25.5. The fraction of sp³-hybridized carbons (Fsp3) is 0.349. The Morgan fingerprint density at radius 1 is 0.519 bits per heavy atom. The molecule has 0 saturated carbocycles. The first-order valence-electron chi connectivity index (χ1n) is 17.8. The highest BCUT2D eigenvalue weighted by Gasteiger charge is 2.52. The van der Waals surface area contributed by atoms with Gasteiger partial charge in [0.15, 0.2) is 6.29 Å². The van der Waals surface area contributed by atoms with E-state index in [1.54, 1.807) is 0 Å². The first-order valence-corrected chi connectivity index (χ1v) is 17.8. The van der Waals surface area contributed by atoms with Crippen LogP contribution in [-0.2, 0) is 48.2 Å². The van der Waals surface area contributed by atoms with E-state index in [9.17, 15) is 15.3 Å². The van der Waals surface area contributed by atoms with Crippen LogP contribution in [0, 0.1) is 6.92 Å². The van der Waals surface area contributed by atoms with Gasteiger partial charge in [0, 0.05) is 0 Å². The molecule has 0 aliphatic carbocycles. The number of aliphatic hydroxyl groups excluding tert-OH is 3. The summed E-state index contributed by atoms with van der Waals surface area (Å²) in [5.41, 5.74) is 4.78. The van der Waals surface area contributed by atoms with Crippen LogP contribution >= 0.6 is 0 Å². The molecule has 2 fully saturated rings. The molecule has 5 aromatic carbocycles. The van der Waals surface area contributed by atoms with E-state index in [-0.39, 0.29) is 19.8 Å². The van der Waals surface area contributed by atoms with E-state index >= 15 is 0 Å². The van der Waals surface area contributed by atoms with E-state index in [4.69, 9.17) is 28.4 Å². The number of rotatable bonds is 14. The van der Waals surface area contributed by atoms with Gasteiger partial charge in [-0.25, -0.2) is 0 Å². The first kappa shape index (κ1) is 36.4. The topological polar surface area (TPSA) is 116 Å². The molecule has 272 valence electrons. The lowest BCUT2D eigenvalue weighted by molar-refractivity contribution is -0.329. The van der Waals surface area contributed by atoms with E-state index in [0.717, 1.165) is 38.6 Å². The maximum atomic E-state index is 12.1. The van der Waals surface area contributed by atoms with Crippen molar-refractivity contribution in [1.82, 2.24) is 0 Å². The normalized spacial score (nSPS) is 27.6. The predicted octanol–water partition coefficient (Wildman–Crippen LogP) is 5.80. The molecule has 2 aliphatic rings. The highest BCUT2D eigenvalue weighted by molar-refractivity contribution is 5.89. The van der Waals surface area contributed by atoms with Crippen molar-refractivity contribution in [2.24, 2.45) is 0 Å². The summed E-state index contributed by atoms with van der Waals surface area (Å²) in [5.74, 6) is 0. The number of fused-ring (bicyclic) bond motifs is 1. The smallest absolute Gasteiger partial charge is 0.187 e. The summed E-state index contributed by atoms with van der Waals surface area (Å²) in [6.45, 7) is 2.94. The lowest BCUT2D eigenvalue weighted by Crippen LogP contribution is -2.61. The molecule has 9 atom stereocenters. The maximum Gasteiger partial charge on any atom is 0.187 e. The van der Waals surface area contributed by atoms with Crippen LogP contribution in [0.1, 0.15) is 33.9 Å². The summed E-state index contributed by atoms with van der Waals surface area (Å²) >= 11 is 0. The van der Waals surface area contributed by atoms with Crippen molar-refractivity contribution in [3.8, 4) is 0 Å². The molecule has 2 aliphatic heterocycles. The summed E-state index contributed by atoms with van der Waals surface area (Å²) in [6, 6.07) is 41.1. The molecule has 0 unspecified atom stereocenters. The minimum Gasteiger partial charge on any atom is -0.387 e. The Balaban J connectivity index is 1.15. The number of ether oxygens (including phenoxy) is 6. The van der Waals surface area contributed by atoms with Gasteiger partial charge in [-0.15, -0.1) is 0 Å². The van der Waals surface area contributed by atoms with Gasteiger partial charge in [-0.05, 0) is 45.5 Å². The van der Waals surface area contributed by atoms with Crippen LogP contribution in [0.2, 0.25) is 0 Å². The second kappa shape index (κ2) is 17.2. The van der Waals surface area contributed by atoms with Crippen molar-refractivity contribution >= 4 is 10.8 Å². The zero-order valence-corrected chi connectivity index (χ0v) is 29.1. The van der Waals surface area contributed by atoms with Crippen molar-refractivity contribution in [2.75, 3.05) is 13.2 Å². The zero-order valence-electron chi connectivity index (χ0n) is 29.1. The molecular formula is C43H46O9. The molecule has 2 saturated heterocycles. The molecule has 0 aromatic heterocycles. The molecule has 2 heterocycles. The minimum absolute atomic E-state index is 0.0102. The second-order valence-corrected chi connectivity index (χ2v) is 13.5. The lowest BCUT2D eigenvalue weighted by atomic mass is 9.93. The van der Waals surface area contributed by atoms with Crippen LogP contribution in [0.3, 0.4) is 0 Å². The summed E-state index contributed by atoms with van der Waals surface area (Å²) in [7, 11) is 0. The third-order valence-corrected chi connectivity index (χ3v) is 9.83. The number of aliphatic hydroxyl groups is 3. The SMILES string of the molecule is Cc1ccc([C@H]2O[C@H](COCc3ccccc3)[C@@H](O[C@H]3O[C@H](COCc4ccccc4)[C@@H](O)[C@H](O)[C@H]3OCc3ccccc3)[C@H]2O)c2ccccc12. The van der Waals surface area contributed by atoms with Crippen LogP contribution in [0.5, 0.6) is 0 Å². The van der Waals surface area contributed by atoms with E-state index < -0.39 is 55.1 Å². The van der Waals surface area contributed by atoms with Crippen molar-refractivity contribution in [1.29, 1.82) is 0 Å². The van der Waals surface area contributed by atoms with E-state index in [0.29, 0.717) is 13.2 Å². The third-order valence-electron chi connectivity index (χ3n) is 9.83. The Morgan fingerprint density at radius 2 is 1.06 bits per heavy atom. The van der Waals surface area contributed by atoms with E-state index in [1.165, 1.54) is 0 Å². The summed E-state index contributed by atoms with van der Waals surface area (Å²) in [6.07, 6.45) is -9.46. The quantitative estimate of drug-likeness (QED) is 0.132. The number of hydrogen-bond acceptors (Lipinski definition) is 9. The molecule has 0 spiro atoms. The predicted molar refractivity (Wildman–Crippen MR) is 195 cm³/mol. The van der Waals surface area contributed by atoms with Crippen LogP contribution < -0.4 is 0 Å². The van der Waals surface area contributed by atoms with Crippen LogP contribution in [0.4, 0.5) is 0 Å². The largest absolute Gasteiger partial charge is 0.387 e. The van der Waals surface area contributed by atoms with Crippen molar-refractivity contribution in [3.05, 3.63) is 155 Å². The van der Waals surface area contributed by atoms with Gasteiger partial charge in [0.05, 0.1) is 33.0 Å². The Bertz CT molecular complexity index is 1840. The molecule has 9 heteroatoms. The molecule has 7 rings (SSSR count). The monoisotopic (exact) mass is 706 g/mol. The second-order valence-electron chi connectivity index (χ2n) is 13.5. The zero-order chi connectivity index (χ0) is 35.9. The summed E-state index contributed by atoms with van der Waals surface area (Å²) in [5, 5.41) is 36.8. The number of hydrogen-bond donors (Lipinski definition) is 3. The molecule has 0 radical (unpaired) electrons. The summed E-state index contributed by atoms with van der Waals surface area (Å²) < 4.78 is 38.0. The Morgan fingerprint density at radius 3 is 1.67 bits per heavy atom. The fourth-order valence-electron chi connectivity index (χ4n) is 7.01. The highest BCUT2D eigenvalue weighted by atomic mass is 16.7. The van der Waals surface area contributed by atoms with Gasteiger partial charge in [-0.1, -0.05) is 127 Å². The van der Waals surface area contributed by atoms with Gasteiger partial charge in [0.25, 0.3) is 0 Å². The van der Waals surface area contributed by atoms with Crippen molar-refractivity contribution in [2.45, 2.75) is 81.9 Å². The molecule has 0 bridgehead atoms. The molecular weight excluding hydrogens is 660 g/mol. The Hall–Kier alpha value is -4.00. The van der Waals surface area contributed by atoms with Gasteiger partial charge >= 0.3 is 0 Å². The van der Waals surface area contributed by atoms with Gasteiger partial charge in [-0.2, -0.15) is 0 Å². The Kier molecular flexibility index (Phi) is 12.0. The lowest BCUT2D eigenvalue weighted by Gasteiger charge is -2.43. The van der Waals surface area contributed by atoms with Gasteiger partial charge in [0.2, 0.25) is 0 Å². The molecule has 3 N–H and O–H groups in total. The van der Waals surface area contributed by atoms with Crippen LogP contribution in [-0.4, -0.2) is 77.6 Å². The van der Waals surface area contributed by atoms with Gasteiger partial charge in [0.1, 0.15) is 48.8 Å². The number of aryl methyl sites for hydroxylation is 1. The molecule has 52 heavy (non-hydrogen) atoms. The van der Waals surface area contributed by atoms with Crippen LogP contribution in [0.15, 0.2) is 127 Å². The van der Waals surface area contributed by atoms with E-state index in [1.807, 2.05) is 121 Å². The highest BCUT2D eigenvalue weighted by Crippen LogP contribution is 2.41. The average molecular weight is 707 g/mol. The van der Waals surface area contributed by atoms with Gasteiger partial charge in [-0.3, -0.25) is 0 Å². The standard InChI is InChI=1S/C43H46O9/c1-28-21-22-34(33-20-12-11-19-32(28)33)40-39(46)41(36(50-40)27-48-24-30-15-7-3-8-16-30)52-43-42(49-25-31-17-9-4-10-18-31)38(45)37(44)35(51-43)26-47-23-29-13-5-2-6-14-29/h2-22,35-46H,23-27H2,1H3/t35-,36-,37-,38+,39+,40-,41-,42-,43-/m1/s1. The van der Waals surface area contributed by atoms with Crippen LogP contribution in [0.25, 0.3) is 10.8 Å². The van der Waals surface area contributed by atoms with Gasteiger partial charge < -0.3 is 43.7 Å². The summed E-state index contributed by atoms with van der Waals surface area (Å²) in [4.78, 5) is 0. The van der Waals surface area contributed by atoms with Crippen molar-refractivity contribution in [3.63, 3.8) is 0 Å².